The van der Waals surface area contributed by atoms with Crippen molar-refractivity contribution in [3.05, 3.63) is 102 Å². The fourth-order valence-electron chi connectivity index (χ4n) is 10.3. The van der Waals surface area contributed by atoms with Gasteiger partial charge in [0.15, 0.2) is 0 Å². The van der Waals surface area contributed by atoms with Crippen molar-refractivity contribution < 1.29 is 50.2 Å². The third-order valence-corrected chi connectivity index (χ3v) is 11.7. The van der Waals surface area contributed by atoms with E-state index in [1.807, 2.05) is 32.0 Å². The Bertz CT molecular complexity index is 2410. The summed E-state index contributed by atoms with van der Waals surface area (Å²) in [4.78, 5) is 38.9. The first kappa shape index (κ1) is 50.7. The average Bonchev–Trinajstić information content (AvgIpc) is 3.44. The molecule has 1 radical (unpaired) electrons. The van der Waals surface area contributed by atoms with Crippen LogP contribution >= 0.6 is 40.0 Å². The Balaban J connectivity index is 0.000000289. The predicted molar refractivity (Wildman–Crippen MR) is 242 cm³/mol. The number of hydrogen-bond acceptors (Lipinski definition) is 7. The van der Waals surface area contributed by atoms with E-state index in [0.29, 0.717) is 32.0 Å². The molecule has 2 aliphatic carbocycles. The zero-order chi connectivity index (χ0) is 43.4. The van der Waals surface area contributed by atoms with Gasteiger partial charge in [-0.25, -0.2) is 4.68 Å². The summed E-state index contributed by atoms with van der Waals surface area (Å²) < 4.78 is 31.2. The van der Waals surface area contributed by atoms with E-state index in [9.17, 15) is 22.8 Å². The molecule has 0 aliphatic heterocycles. The second-order valence-corrected chi connectivity index (χ2v) is 32.1. The number of aromatic nitrogens is 4. The van der Waals surface area contributed by atoms with Gasteiger partial charge in [-0.1, -0.05) is 79.7 Å². The van der Waals surface area contributed by atoms with E-state index in [-0.39, 0.29) is 74.3 Å². The van der Waals surface area contributed by atoms with Gasteiger partial charge in [0.05, 0.1) is 11.9 Å². The minimum Gasteiger partial charge on any atom is 0 e. The van der Waals surface area contributed by atoms with Gasteiger partial charge in [0.25, 0.3) is 5.56 Å². The summed E-state index contributed by atoms with van der Waals surface area (Å²) in [5.74, 6) is -0.497. The van der Waals surface area contributed by atoms with Crippen LogP contribution in [-0.2, 0) is 75.9 Å². The number of nitrogens with zero attached hydrogens (tertiary/aromatic N) is 3. The standard InChI is InChI=1S/C22H30N2O4S.C21H28N2O2.2HI.2V/c1-13-16(10-9-15-11-21(3,4)12-22(5,6)18(13)15)19(25)17-14(2)23-24(7)20(17)28-29(8,26)27;1-12-15(18(24)16-13(2)22-23(7)19(16)25)9-8-14-10-20(3,4)11-21(5,6)17(12)14;;;;/h9-10H,11-12H2,1-8H3;8-9,22H,10-11H2,1-7H3;2*1H;;/q;;;;;+2/p-2. The molecule has 58 heavy (non-hydrogen) atoms. The predicted octanol–water partition coefficient (Wildman–Crippen LogP) is 9.43. The van der Waals surface area contributed by atoms with Crippen LogP contribution in [0.5, 0.6) is 5.88 Å². The Morgan fingerprint density at radius 2 is 1.17 bits per heavy atom. The number of hydrogen-bond donors (Lipinski definition) is 1. The van der Waals surface area contributed by atoms with Crippen LogP contribution in [0.3, 0.4) is 0 Å². The van der Waals surface area contributed by atoms with Gasteiger partial charge in [-0.2, -0.15) is 13.5 Å². The van der Waals surface area contributed by atoms with Crippen LogP contribution in [0.15, 0.2) is 29.1 Å². The number of nitrogens with one attached hydrogen (secondary N) is 1. The molecule has 2 heterocycles. The summed E-state index contributed by atoms with van der Waals surface area (Å²) in [6.07, 6.45) is 5.05. The smallest absolute Gasteiger partial charge is 0 e. The van der Waals surface area contributed by atoms with Crippen molar-refractivity contribution in [3.63, 3.8) is 0 Å². The fourth-order valence-corrected chi connectivity index (χ4v) is 10.8. The molecule has 0 unspecified atom stereocenters. The number of carbonyl (C=O) groups is 2. The maximum Gasteiger partial charge on any atom is 0 e. The second kappa shape index (κ2) is 18.4. The van der Waals surface area contributed by atoms with Gasteiger partial charge in [0, 0.05) is 49.5 Å². The molecule has 0 atom stereocenters. The largest absolute Gasteiger partial charge is 0 e. The summed E-state index contributed by atoms with van der Waals surface area (Å²) in [5, 5.41) is 7.13. The number of halogens is 2. The molecule has 6 rings (SSSR count). The van der Waals surface area contributed by atoms with Crippen molar-refractivity contribution in [2.45, 2.75) is 120 Å². The normalized spacial score (nSPS) is 16.8. The minimum absolute atomic E-state index is 0. The zero-order valence-electron chi connectivity index (χ0n) is 36.5. The first-order valence-electron chi connectivity index (χ1n) is 19.0. The van der Waals surface area contributed by atoms with E-state index in [0.717, 1.165) is 43.1 Å². The van der Waals surface area contributed by atoms with Crippen molar-refractivity contribution in [2.75, 3.05) is 6.26 Å². The minimum atomic E-state index is -3.79. The van der Waals surface area contributed by atoms with Crippen molar-refractivity contribution in [1.29, 1.82) is 0 Å². The molecule has 4 aromatic rings. The number of benzene rings is 2. The van der Waals surface area contributed by atoms with Crippen LogP contribution in [0.25, 0.3) is 0 Å². The molecule has 2 aromatic heterocycles. The second-order valence-electron chi connectivity index (χ2n) is 18.7. The third kappa shape index (κ3) is 10.9. The summed E-state index contributed by atoms with van der Waals surface area (Å²) in [5.41, 5.74) is 9.90. The summed E-state index contributed by atoms with van der Waals surface area (Å²) in [6, 6.07) is 7.89. The fraction of sp³-hybridized carbons (Fsp3) is 0.535. The number of aryl methyl sites for hydroxylation is 4. The van der Waals surface area contributed by atoms with Gasteiger partial charge in [-0.05, 0) is 108 Å². The molecule has 0 saturated carbocycles. The van der Waals surface area contributed by atoms with Crippen LogP contribution in [0.4, 0.5) is 0 Å². The summed E-state index contributed by atoms with van der Waals surface area (Å²) in [6.45, 7) is 25.6. The maximum absolute atomic E-state index is 13.5. The maximum atomic E-state index is 13.5. The molecule has 10 nitrogen and oxygen atoms in total. The van der Waals surface area contributed by atoms with Gasteiger partial charge >= 0.3 is 59.5 Å². The SMILES string of the molecule is Cc1[nH]n(C)c(=O)c1C(=O)c1ccc2c(c1C)C(C)(C)CC(C)(C)C2.Cc1nn(C)c(OS(C)(=O)=O)c1C(=O)c1ccc2c(c1C)C(C)(C)CC(C)(C)C2.[I][V][I].[V]. The van der Waals surface area contributed by atoms with Crippen molar-refractivity contribution >= 4 is 61.6 Å². The molecule has 316 valence electrons. The molecule has 2 aromatic carbocycles. The third-order valence-electron chi connectivity index (χ3n) is 11.2. The van der Waals surface area contributed by atoms with Gasteiger partial charge in [-0.3, -0.25) is 24.2 Å². The molecular weight excluding hydrogens is 1060 g/mol. The zero-order valence-corrected chi connectivity index (χ0v) is 44.4. The van der Waals surface area contributed by atoms with Crippen molar-refractivity contribution in [1.82, 2.24) is 19.6 Å². The van der Waals surface area contributed by atoms with Gasteiger partial charge < -0.3 is 4.18 Å². The molecule has 0 saturated heterocycles. The van der Waals surface area contributed by atoms with E-state index in [1.165, 1.54) is 31.6 Å². The van der Waals surface area contributed by atoms with E-state index in [1.54, 1.807) is 27.9 Å². The molecule has 0 spiro atoms. The molecule has 0 amide bonds. The van der Waals surface area contributed by atoms with Crippen molar-refractivity contribution in [3.8, 4) is 5.88 Å². The number of H-pyrrole nitrogens is 1. The van der Waals surface area contributed by atoms with E-state index in [4.69, 9.17) is 4.18 Å². The van der Waals surface area contributed by atoms with Crippen molar-refractivity contribution in [2.24, 2.45) is 24.9 Å². The Hall–Kier alpha value is -1.62. The Morgan fingerprint density at radius 3 is 1.53 bits per heavy atom. The molecule has 0 fully saturated rings. The van der Waals surface area contributed by atoms with Crippen LogP contribution in [0, 0.1) is 38.5 Å². The van der Waals surface area contributed by atoms with E-state index in [2.05, 4.69) is 112 Å². The Kier molecular flexibility index (Phi) is 16.1. The van der Waals surface area contributed by atoms with Gasteiger partial charge in [0.1, 0.15) is 11.1 Å². The van der Waals surface area contributed by atoms with Gasteiger partial charge in [0.2, 0.25) is 17.4 Å². The van der Waals surface area contributed by atoms with E-state index < -0.39 is 10.1 Å². The number of carbonyl (C=O) groups excluding carboxylic acids is 2. The Labute approximate surface area is 386 Å². The summed E-state index contributed by atoms with van der Waals surface area (Å²) >= 11 is 4.74. The van der Waals surface area contributed by atoms with E-state index >= 15 is 0 Å². The van der Waals surface area contributed by atoms with Gasteiger partial charge in [-0.15, -0.1) is 0 Å². The average molecular weight is 1110 g/mol. The quantitative estimate of drug-likeness (QED) is 0.116. The monoisotopic (exact) mass is 1110 g/mol. The topological polar surface area (TPSA) is 133 Å². The first-order valence-corrected chi connectivity index (χ1v) is 29.8. The van der Waals surface area contributed by atoms with Crippen LogP contribution in [0.1, 0.15) is 145 Å². The van der Waals surface area contributed by atoms with Crippen LogP contribution in [-0.4, -0.2) is 45.8 Å². The van der Waals surface area contributed by atoms with Crippen LogP contribution < -0.4 is 9.74 Å². The number of rotatable bonds is 6. The molecule has 2 aliphatic rings. The number of fused-ring (bicyclic) bond motifs is 2. The van der Waals surface area contributed by atoms with Crippen LogP contribution in [0.2, 0.25) is 0 Å². The molecule has 15 heteroatoms. The first-order chi connectivity index (χ1) is 26.0. The number of aromatic amines is 1. The molecule has 1 N–H and O–H groups in total. The molecule has 0 bridgehead atoms. The number of ketones is 2. The molecular formula is C43H58I2N4O6SV2. The Morgan fingerprint density at radius 1 is 0.776 bits per heavy atom. The summed E-state index contributed by atoms with van der Waals surface area (Å²) in [7, 11) is 0.0345.